The van der Waals surface area contributed by atoms with Gasteiger partial charge in [0.1, 0.15) is 5.65 Å². The third-order valence-corrected chi connectivity index (χ3v) is 4.28. The van der Waals surface area contributed by atoms with Crippen molar-refractivity contribution < 1.29 is 9.59 Å². The van der Waals surface area contributed by atoms with Crippen molar-refractivity contribution in [1.29, 1.82) is 0 Å². The molecular weight excluding hydrogens is 320 g/mol. The number of hydrogen-bond donors (Lipinski definition) is 4. The number of fused-ring (bicyclic) bond motifs is 1. The number of carbonyl (C=O) groups is 2. The number of terminal acetylenes is 1. The molecule has 1 fully saturated rings. The van der Waals surface area contributed by atoms with Gasteiger partial charge in [0.2, 0.25) is 5.91 Å². The first-order valence-electron chi connectivity index (χ1n) is 8.09. The van der Waals surface area contributed by atoms with Crippen LogP contribution < -0.4 is 16.5 Å². The molecule has 0 aromatic carbocycles. The molecule has 1 atom stereocenters. The molecule has 0 bridgehead atoms. The monoisotopic (exact) mass is 340 g/mol. The number of nitrogens with one attached hydrogen (secondary N) is 3. The summed E-state index contributed by atoms with van der Waals surface area (Å²) in [5.74, 6) is 1.63. The van der Waals surface area contributed by atoms with Gasteiger partial charge in [0.15, 0.2) is 0 Å². The maximum Gasteiger partial charge on any atom is 0.252 e. The zero-order chi connectivity index (χ0) is 17.8. The number of nitrogens with two attached hydrogens (primary N) is 1. The molecule has 1 aliphatic rings. The number of amides is 2. The van der Waals surface area contributed by atoms with Gasteiger partial charge in [0.05, 0.1) is 23.7 Å². The lowest BCUT2D eigenvalue weighted by atomic mass is 9.98. The standard InChI is InChI=1S/C17H20N6O2/c1-2-6-20-17(25)11-4-3-8-23(10-11)22-14-12-5-7-19-16(12)21-9-13(14)15(18)24/h1,5,7,9,11H,3-4,6,8,10H2,(H2,18,24)(H,20,25)(H2,19,21,22)/t11-/m0/s1. The van der Waals surface area contributed by atoms with Crippen LogP contribution in [-0.2, 0) is 4.79 Å². The van der Waals surface area contributed by atoms with Crippen molar-refractivity contribution in [3.05, 3.63) is 24.0 Å². The van der Waals surface area contributed by atoms with Crippen LogP contribution in [0.4, 0.5) is 5.69 Å². The predicted octanol–water partition coefficient (Wildman–Crippen LogP) is 0.450. The van der Waals surface area contributed by atoms with Crippen molar-refractivity contribution in [3.63, 3.8) is 0 Å². The molecule has 8 nitrogen and oxygen atoms in total. The first-order valence-corrected chi connectivity index (χ1v) is 8.09. The highest BCUT2D eigenvalue weighted by Crippen LogP contribution is 2.27. The number of hydrazine groups is 1. The van der Waals surface area contributed by atoms with E-state index in [1.165, 1.54) is 6.20 Å². The van der Waals surface area contributed by atoms with Gasteiger partial charge in [-0.25, -0.2) is 9.99 Å². The summed E-state index contributed by atoms with van der Waals surface area (Å²) >= 11 is 0. The molecule has 5 N–H and O–H groups in total. The first kappa shape index (κ1) is 16.8. The molecule has 0 aliphatic carbocycles. The average Bonchev–Trinajstić information content (AvgIpc) is 3.09. The quantitative estimate of drug-likeness (QED) is 0.590. The lowest BCUT2D eigenvalue weighted by molar-refractivity contribution is -0.126. The molecule has 2 amide bonds. The molecule has 1 saturated heterocycles. The lowest BCUT2D eigenvalue weighted by Gasteiger charge is -2.33. The van der Waals surface area contributed by atoms with Crippen molar-refractivity contribution in [1.82, 2.24) is 20.3 Å². The number of carbonyl (C=O) groups excluding carboxylic acids is 2. The fourth-order valence-corrected chi connectivity index (χ4v) is 3.05. The van der Waals surface area contributed by atoms with E-state index in [2.05, 4.69) is 26.6 Å². The molecule has 25 heavy (non-hydrogen) atoms. The molecule has 0 spiro atoms. The third-order valence-electron chi connectivity index (χ3n) is 4.28. The van der Waals surface area contributed by atoms with Gasteiger partial charge in [0, 0.05) is 30.9 Å². The van der Waals surface area contributed by atoms with E-state index in [9.17, 15) is 9.59 Å². The van der Waals surface area contributed by atoms with Gasteiger partial charge in [-0.15, -0.1) is 6.42 Å². The van der Waals surface area contributed by atoms with Crippen LogP contribution in [-0.4, -0.2) is 46.4 Å². The van der Waals surface area contributed by atoms with E-state index >= 15 is 0 Å². The molecule has 8 heteroatoms. The van der Waals surface area contributed by atoms with Crippen molar-refractivity contribution in [2.24, 2.45) is 11.7 Å². The first-order chi connectivity index (χ1) is 12.1. The number of piperidine rings is 1. The van der Waals surface area contributed by atoms with Gasteiger partial charge in [-0.1, -0.05) is 5.92 Å². The minimum absolute atomic E-state index is 0.0545. The predicted molar refractivity (Wildman–Crippen MR) is 94.4 cm³/mol. The molecule has 3 heterocycles. The van der Waals surface area contributed by atoms with Crippen LogP contribution in [0.5, 0.6) is 0 Å². The van der Waals surface area contributed by atoms with E-state index in [0.29, 0.717) is 23.4 Å². The number of aromatic amines is 1. The molecule has 2 aromatic heterocycles. The van der Waals surface area contributed by atoms with Crippen LogP contribution in [0.1, 0.15) is 23.2 Å². The molecule has 2 aromatic rings. The van der Waals surface area contributed by atoms with Gasteiger partial charge in [-0.05, 0) is 18.9 Å². The summed E-state index contributed by atoms with van der Waals surface area (Å²) in [6.07, 6.45) is 10.0. The summed E-state index contributed by atoms with van der Waals surface area (Å²) in [5.41, 5.74) is 10.3. The third kappa shape index (κ3) is 3.56. The summed E-state index contributed by atoms with van der Waals surface area (Å²) < 4.78 is 0. The summed E-state index contributed by atoms with van der Waals surface area (Å²) in [4.78, 5) is 31.1. The highest BCUT2D eigenvalue weighted by Gasteiger charge is 2.26. The van der Waals surface area contributed by atoms with Gasteiger partial charge in [0.25, 0.3) is 5.91 Å². The Labute approximate surface area is 145 Å². The maximum absolute atomic E-state index is 12.2. The van der Waals surface area contributed by atoms with Gasteiger partial charge < -0.3 is 21.5 Å². The zero-order valence-electron chi connectivity index (χ0n) is 13.7. The lowest BCUT2D eigenvalue weighted by Crippen LogP contribution is -2.45. The maximum atomic E-state index is 12.2. The minimum atomic E-state index is -0.557. The van der Waals surface area contributed by atoms with Crippen LogP contribution in [0, 0.1) is 18.3 Å². The Hall–Kier alpha value is -3.05. The molecule has 1 aliphatic heterocycles. The zero-order valence-corrected chi connectivity index (χ0v) is 13.7. The number of primary amides is 1. The number of rotatable bonds is 5. The van der Waals surface area contributed by atoms with Crippen LogP contribution in [0.15, 0.2) is 18.5 Å². The summed E-state index contributed by atoms with van der Waals surface area (Å²) in [6.45, 7) is 1.50. The second-order valence-electron chi connectivity index (χ2n) is 5.97. The van der Waals surface area contributed by atoms with E-state index in [4.69, 9.17) is 12.2 Å². The van der Waals surface area contributed by atoms with Crippen LogP contribution in [0.25, 0.3) is 11.0 Å². The number of hydrogen-bond acceptors (Lipinski definition) is 5. The Morgan fingerprint density at radius 3 is 3.12 bits per heavy atom. The molecular formula is C17H20N6O2. The largest absolute Gasteiger partial charge is 0.365 e. The number of pyridine rings is 1. The molecule has 0 radical (unpaired) electrons. The SMILES string of the molecule is C#CCNC(=O)[C@H]1CCCN(Nc2c(C(N)=O)cnc3[nH]ccc23)C1. The summed E-state index contributed by atoms with van der Waals surface area (Å²) in [6, 6.07) is 1.83. The number of aromatic nitrogens is 2. The highest BCUT2D eigenvalue weighted by atomic mass is 16.2. The average molecular weight is 340 g/mol. The Morgan fingerprint density at radius 2 is 2.36 bits per heavy atom. The Bertz CT molecular complexity index is 837. The van der Waals surface area contributed by atoms with Crippen LogP contribution in [0.2, 0.25) is 0 Å². The summed E-state index contributed by atoms with van der Waals surface area (Å²) in [5, 5.41) is 5.42. The highest BCUT2D eigenvalue weighted by molar-refractivity contribution is 6.05. The van der Waals surface area contributed by atoms with E-state index < -0.39 is 5.91 Å². The van der Waals surface area contributed by atoms with E-state index in [1.54, 1.807) is 6.20 Å². The smallest absolute Gasteiger partial charge is 0.252 e. The second kappa shape index (κ2) is 7.23. The van der Waals surface area contributed by atoms with Gasteiger partial charge in [-0.3, -0.25) is 9.59 Å². The fourth-order valence-electron chi connectivity index (χ4n) is 3.05. The fraction of sp³-hybridized carbons (Fsp3) is 0.353. The van der Waals surface area contributed by atoms with Crippen LogP contribution >= 0.6 is 0 Å². The van der Waals surface area contributed by atoms with E-state index in [-0.39, 0.29) is 18.4 Å². The van der Waals surface area contributed by atoms with Crippen molar-refractivity contribution in [3.8, 4) is 12.3 Å². The Kier molecular flexibility index (Phi) is 4.86. The summed E-state index contributed by atoms with van der Waals surface area (Å²) in [7, 11) is 0. The molecule has 0 unspecified atom stereocenters. The second-order valence-corrected chi connectivity index (χ2v) is 5.97. The molecule has 130 valence electrons. The number of anilines is 1. The van der Waals surface area contributed by atoms with Gasteiger partial charge in [-0.2, -0.15) is 0 Å². The molecule has 3 rings (SSSR count). The van der Waals surface area contributed by atoms with E-state index in [0.717, 1.165) is 24.8 Å². The Balaban J connectivity index is 1.80. The van der Waals surface area contributed by atoms with Crippen molar-refractivity contribution in [2.75, 3.05) is 25.1 Å². The number of nitrogens with zero attached hydrogens (tertiary/aromatic N) is 2. The van der Waals surface area contributed by atoms with Gasteiger partial charge >= 0.3 is 0 Å². The molecule has 0 saturated carbocycles. The number of H-pyrrole nitrogens is 1. The van der Waals surface area contributed by atoms with Crippen molar-refractivity contribution in [2.45, 2.75) is 12.8 Å². The minimum Gasteiger partial charge on any atom is -0.365 e. The van der Waals surface area contributed by atoms with Crippen molar-refractivity contribution >= 4 is 28.5 Å². The Morgan fingerprint density at radius 1 is 1.52 bits per heavy atom. The van der Waals surface area contributed by atoms with Crippen LogP contribution in [0.3, 0.4) is 0 Å². The normalized spacial score (nSPS) is 17.8. The topological polar surface area (TPSA) is 116 Å². The van der Waals surface area contributed by atoms with E-state index in [1.807, 2.05) is 11.1 Å².